The molecule has 5 nitrogen and oxygen atoms in total. The number of alkyl halides is 2. The fraction of sp³-hybridized carbons (Fsp3) is 0.300. The van der Waals surface area contributed by atoms with Gasteiger partial charge in [0.05, 0.1) is 0 Å². The first-order chi connectivity index (χ1) is 7.90. The predicted molar refractivity (Wildman–Crippen MR) is 59.2 cm³/mol. The number of phenols is 2. The maximum Gasteiger partial charge on any atom is 0.408 e. The normalized spacial score (nSPS) is 21.4. The minimum absolute atomic E-state index is 0. The molecule has 1 aliphatic heterocycles. The van der Waals surface area contributed by atoms with Crippen molar-refractivity contribution in [3.8, 4) is 11.5 Å². The van der Waals surface area contributed by atoms with Crippen molar-refractivity contribution >= 4 is 18.5 Å². The third-order valence-electron chi connectivity index (χ3n) is 2.40. The van der Waals surface area contributed by atoms with Gasteiger partial charge in [-0.1, -0.05) is 0 Å². The molecule has 0 unspecified atom stereocenters. The molecule has 1 amide bonds. The van der Waals surface area contributed by atoms with Crippen LogP contribution in [0, 0.1) is 0 Å². The van der Waals surface area contributed by atoms with Gasteiger partial charge in [-0.3, -0.25) is 0 Å². The molecule has 1 heterocycles. The van der Waals surface area contributed by atoms with E-state index in [1.165, 1.54) is 0 Å². The van der Waals surface area contributed by atoms with Gasteiger partial charge in [0.25, 0.3) is 0 Å². The molecule has 1 saturated heterocycles. The summed E-state index contributed by atoms with van der Waals surface area (Å²) in [4.78, 5) is 10.9. The SMILES string of the molecule is Cl.O=C1N[C@@H](c2cc(O)ccc2O)C(F)(F)CO1. The van der Waals surface area contributed by atoms with Crippen molar-refractivity contribution in [1.82, 2.24) is 5.32 Å². The van der Waals surface area contributed by atoms with E-state index >= 15 is 0 Å². The summed E-state index contributed by atoms with van der Waals surface area (Å²) < 4.78 is 31.2. The molecule has 2 rings (SSSR count). The Morgan fingerprint density at radius 2 is 2.06 bits per heavy atom. The number of aromatic hydroxyl groups is 2. The van der Waals surface area contributed by atoms with Crippen LogP contribution in [0.2, 0.25) is 0 Å². The molecular weight excluding hydrogens is 272 g/mol. The van der Waals surface area contributed by atoms with Crippen LogP contribution in [-0.2, 0) is 4.74 Å². The summed E-state index contributed by atoms with van der Waals surface area (Å²) in [6.45, 7) is -1.07. The van der Waals surface area contributed by atoms with Crippen LogP contribution >= 0.6 is 12.4 Å². The highest BCUT2D eigenvalue weighted by Gasteiger charge is 2.47. The molecule has 0 radical (unpaired) electrons. The number of nitrogens with one attached hydrogen (secondary N) is 1. The lowest BCUT2D eigenvalue weighted by Gasteiger charge is -2.32. The molecular formula is C10H10ClF2NO4. The Morgan fingerprint density at radius 1 is 1.39 bits per heavy atom. The number of hydrogen-bond acceptors (Lipinski definition) is 4. The summed E-state index contributed by atoms with van der Waals surface area (Å²) in [5, 5.41) is 20.6. The van der Waals surface area contributed by atoms with Crippen LogP contribution in [0.4, 0.5) is 13.6 Å². The highest BCUT2D eigenvalue weighted by Crippen LogP contribution is 2.39. The predicted octanol–water partition coefficient (Wildman–Crippen LogP) is 1.94. The van der Waals surface area contributed by atoms with Gasteiger partial charge in [0.15, 0.2) is 6.61 Å². The molecule has 1 fully saturated rings. The number of cyclic esters (lactones) is 1. The van der Waals surface area contributed by atoms with Crippen LogP contribution in [0.5, 0.6) is 11.5 Å². The van der Waals surface area contributed by atoms with Gasteiger partial charge in [-0.15, -0.1) is 12.4 Å². The summed E-state index contributed by atoms with van der Waals surface area (Å²) in [7, 11) is 0. The van der Waals surface area contributed by atoms with E-state index in [1.54, 1.807) is 0 Å². The van der Waals surface area contributed by atoms with Gasteiger partial charge in [0.2, 0.25) is 0 Å². The first kappa shape index (κ1) is 14.3. The molecule has 18 heavy (non-hydrogen) atoms. The summed E-state index contributed by atoms with van der Waals surface area (Å²) in [5.41, 5.74) is -0.258. The fourth-order valence-corrected chi connectivity index (χ4v) is 1.59. The number of alkyl carbamates (subject to hydrolysis) is 1. The number of carbonyl (C=O) groups is 1. The van der Waals surface area contributed by atoms with E-state index < -0.39 is 30.4 Å². The van der Waals surface area contributed by atoms with E-state index in [0.29, 0.717) is 0 Å². The zero-order valence-electron chi connectivity index (χ0n) is 8.89. The van der Waals surface area contributed by atoms with Crippen molar-refractivity contribution in [2.75, 3.05) is 6.61 Å². The Bertz CT molecular complexity index is 469. The second-order valence-electron chi connectivity index (χ2n) is 3.66. The zero-order chi connectivity index (χ0) is 12.6. The molecule has 100 valence electrons. The van der Waals surface area contributed by atoms with E-state index in [2.05, 4.69) is 4.74 Å². The van der Waals surface area contributed by atoms with Crippen LogP contribution < -0.4 is 5.32 Å². The number of ether oxygens (including phenoxy) is 1. The van der Waals surface area contributed by atoms with Gasteiger partial charge in [-0.05, 0) is 18.2 Å². The summed E-state index contributed by atoms with van der Waals surface area (Å²) in [5.74, 6) is -4.08. The first-order valence-corrected chi connectivity index (χ1v) is 4.73. The molecule has 0 aromatic heterocycles. The lowest BCUT2D eigenvalue weighted by atomic mass is 9.99. The van der Waals surface area contributed by atoms with Crippen LogP contribution in [0.15, 0.2) is 18.2 Å². The Balaban J connectivity index is 0.00000162. The Labute approximate surface area is 107 Å². The maximum absolute atomic E-state index is 13.5. The van der Waals surface area contributed by atoms with Crippen molar-refractivity contribution in [1.29, 1.82) is 0 Å². The Hall–Kier alpha value is -1.76. The van der Waals surface area contributed by atoms with Crippen molar-refractivity contribution in [2.24, 2.45) is 0 Å². The molecule has 1 atom stereocenters. The highest BCUT2D eigenvalue weighted by molar-refractivity contribution is 5.85. The van der Waals surface area contributed by atoms with Crippen molar-refractivity contribution in [3.05, 3.63) is 23.8 Å². The molecule has 1 aliphatic rings. The largest absolute Gasteiger partial charge is 0.508 e. The van der Waals surface area contributed by atoms with Crippen LogP contribution in [0.25, 0.3) is 0 Å². The van der Waals surface area contributed by atoms with Crippen molar-refractivity contribution in [3.63, 3.8) is 0 Å². The number of amides is 1. The van der Waals surface area contributed by atoms with E-state index in [0.717, 1.165) is 18.2 Å². The Morgan fingerprint density at radius 3 is 2.72 bits per heavy atom. The molecule has 1 aromatic rings. The van der Waals surface area contributed by atoms with Crippen LogP contribution in [0.3, 0.4) is 0 Å². The van der Waals surface area contributed by atoms with Gasteiger partial charge in [0.1, 0.15) is 17.5 Å². The highest BCUT2D eigenvalue weighted by atomic mass is 35.5. The quantitative estimate of drug-likeness (QED) is 0.687. The molecule has 0 bridgehead atoms. The van der Waals surface area contributed by atoms with Crippen molar-refractivity contribution < 1.29 is 28.5 Å². The summed E-state index contributed by atoms with van der Waals surface area (Å²) in [6.07, 6.45) is -0.997. The van der Waals surface area contributed by atoms with Gasteiger partial charge in [-0.2, -0.15) is 0 Å². The van der Waals surface area contributed by atoms with E-state index in [1.807, 2.05) is 5.32 Å². The molecule has 0 spiro atoms. The third-order valence-corrected chi connectivity index (χ3v) is 2.40. The standard InChI is InChI=1S/C10H9F2NO4.ClH/c11-10(12)4-17-9(16)13-8(10)6-3-5(14)1-2-7(6)15;/h1-3,8,14-15H,4H2,(H,13,16);1H/t8-;/m0./s1. The number of hydrogen-bond donors (Lipinski definition) is 3. The second kappa shape index (κ2) is 4.85. The lowest BCUT2D eigenvalue weighted by molar-refractivity contribution is -0.104. The average molecular weight is 282 g/mol. The molecule has 3 N–H and O–H groups in total. The van der Waals surface area contributed by atoms with Crippen LogP contribution in [0.1, 0.15) is 11.6 Å². The summed E-state index contributed by atoms with van der Waals surface area (Å²) in [6, 6.07) is 1.47. The molecule has 1 aromatic carbocycles. The van der Waals surface area contributed by atoms with Gasteiger partial charge < -0.3 is 20.3 Å². The third kappa shape index (κ3) is 2.56. The summed E-state index contributed by atoms with van der Waals surface area (Å²) >= 11 is 0. The first-order valence-electron chi connectivity index (χ1n) is 4.73. The van der Waals surface area contributed by atoms with Crippen LogP contribution in [-0.4, -0.2) is 28.8 Å². The van der Waals surface area contributed by atoms with E-state index in [4.69, 9.17) is 0 Å². The second-order valence-corrected chi connectivity index (χ2v) is 3.66. The minimum Gasteiger partial charge on any atom is -0.508 e. The monoisotopic (exact) mass is 281 g/mol. The van der Waals surface area contributed by atoms with Gasteiger partial charge >= 0.3 is 12.0 Å². The number of rotatable bonds is 1. The Kier molecular flexibility index (Phi) is 3.85. The van der Waals surface area contributed by atoms with E-state index in [-0.39, 0.29) is 23.7 Å². The average Bonchev–Trinajstić information content (AvgIpc) is 2.26. The molecule has 0 aliphatic carbocycles. The number of benzene rings is 1. The molecule has 0 saturated carbocycles. The fourth-order valence-electron chi connectivity index (χ4n) is 1.59. The topological polar surface area (TPSA) is 78.8 Å². The van der Waals surface area contributed by atoms with Gasteiger partial charge in [0, 0.05) is 5.56 Å². The minimum atomic E-state index is -3.36. The number of carbonyl (C=O) groups excluding carboxylic acids is 1. The maximum atomic E-state index is 13.5. The molecule has 8 heteroatoms. The van der Waals surface area contributed by atoms with Crippen molar-refractivity contribution in [2.45, 2.75) is 12.0 Å². The lowest BCUT2D eigenvalue weighted by Crippen LogP contribution is -2.49. The number of phenolic OH excluding ortho intramolecular Hbond substituents is 2. The number of halogens is 3. The smallest absolute Gasteiger partial charge is 0.408 e. The van der Waals surface area contributed by atoms with E-state index in [9.17, 15) is 23.8 Å². The van der Waals surface area contributed by atoms with Gasteiger partial charge in [-0.25, -0.2) is 13.6 Å². The zero-order valence-corrected chi connectivity index (χ0v) is 9.71.